The minimum atomic E-state index is 0. The maximum absolute atomic E-state index is 5.44. The third-order valence-corrected chi connectivity index (χ3v) is 4.55. The highest BCUT2D eigenvalue weighted by Crippen LogP contribution is 2.18. The third kappa shape index (κ3) is 12.0. The molecule has 0 amide bonds. The molecular weight excluding hydrogens is 431 g/mol. The fourth-order valence-corrected chi connectivity index (χ4v) is 2.87. The molecule has 0 aromatic heterocycles. The number of likely N-dealkylation sites (N-methyl/N-ethyl adjacent to an activating group) is 1. The van der Waals surface area contributed by atoms with Crippen LogP contribution in [0.15, 0.2) is 4.99 Å². The van der Waals surface area contributed by atoms with Crippen molar-refractivity contribution in [2.45, 2.75) is 32.6 Å². The molecule has 25 heavy (non-hydrogen) atoms. The number of methoxy groups -OCH3 is 1. The molecule has 0 unspecified atom stereocenters. The van der Waals surface area contributed by atoms with E-state index in [1.807, 2.05) is 0 Å². The lowest BCUT2D eigenvalue weighted by Gasteiger charge is -2.27. The van der Waals surface area contributed by atoms with Crippen molar-refractivity contribution in [3.8, 4) is 0 Å². The van der Waals surface area contributed by atoms with E-state index in [-0.39, 0.29) is 24.0 Å². The quantitative estimate of drug-likeness (QED) is 0.217. The Morgan fingerprint density at radius 3 is 2.56 bits per heavy atom. The fourth-order valence-electron chi connectivity index (χ4n) is 2.87. The number of rotatable bonds is 11. The summed E-state index contributed by atoms with van der Waals surface area (Å²) in [7, 11) is 6.02. The Morgan fingerprint density at radius 1 is 1.20 bits per heavy atom. The average Bonchev–Trinajstić information content (AvgIpc) is 2.61. The van der Waals surface area contributed by atoms with Crippen molar-refractivity contribution in [1.29, 1.82) is 0 Å². The van der Waals surface area contributed by atoms with Gasteiger partial charge in [-0.15, -0.1) is 24.0 Å². The summed E-state index contributed by atoms with van der Waals surface area (Å²) in [6, 6.07) is 0. The molecule has 0 aromatic carbocycles. The van der Waals surface area contributed by atoms with E-state index in [0.29, 0.717) is 0 Å². The van der Waals surface area contributed by atoms with Gasteiger partial charge in [0.05, 0.1) is 6.61 Å². The highest BCUT2D eigenvalue weighted by atomic mass is 127. The number of hydrogen-bond donors (Lipinski definition) is 1. The van der Waals surface area contributed by atoms with Crippen LogP contribution in [0.25, 0.3) is 0 Å². The normalized spacial score (nSPS) is 16.0. The van der Waals surface area contributed by atoms with Crippen LogP contribution in [0.4, 0.5) is 0 Å². The summed E-state index contributed by atoms with van der Waals surface area (Å²) in [6.07, 6.45) is 4.71. The third-order valence-electron chi connectivity index (χ3n) is 4.55. The highest BCUT2D eigenvalue weighted by molar-refractivity contribution is 14.0. The van der Waals surface area contributed by atoms with E-state index in [0.717, 1.165) is 70.8 Å². The first-order valence-corrected chi connectivity index (χ1v) is 9.42. The van der Waals surface area contributed by atoms with Crippen LogP contribution in [0.1, 0.15) is 32.6 Å². The number of guanidine groups is 1. The van der Waals surface area contributed by atoms with E-state index in [1.54, 1.807) is 7.11 Å². The van der Waals surface area contributed by atoms with Crippen molar-refractivity contribution in [1.82, 2.24) is 15.1 Å². The second-order valence-corrected chi connectivity index (χ2v) is 6.65. The molecule has 0 aromatic rings. The second kappa shape index (κ2) is 16.1. The van der Waals surface area contributed by atoms with Crippen molar-refractivity contribution in [3.05, 3.63) is 0 Å². The maximum atomic E-state index is 5.44. The SMILES string of the molecule is CCNC(=NCCCN(C)CCOC)N(C)CCC1CCOCC1.I. The minimum absolute atomic E-state index is 0. The Labute approximate surface area is 171 Å². The predicted octanol–water partition coefficient (Wildman–Crippen LogP) is 2.29. The summed E-state index contributed by atoms with van der Waals surface area (Å²) in [5.74, 6) is 1.84. The smallest absolute Gasteiger partial charge is 0.193 e. The molecule has 1 fully saturated rings. The van der Waals surface area contributed by atoms with E-state index in [1.165, 1.54) is 19.3 Å². The summed E-state index contributed by atoms with van der Waals surface area (Å²) < 4.78 is 10.5. The Morgan fingerprint density at radius 2 is 1.92 bits per heavy atom. The molecule has 6 nitrogen and oxygen atoms in total. The topological polar surface area (TPSA) is 49.3 Å². The second-order valence-electron chi connectivity index (χ2n) is 6.65. The van der Waals surface area contributed by atoms with Crippen LogP contribution in [0, 0.1) is 5.92 Å². The van der Waals surface area contributed by atoms with Crippen LogP contribution in [0.5, 0.6) is 0 Å². The van der Waals surface area contributed by atoms with Crippen molar-refractivity contribution in [2.75, 3.05) is 73.7 Å². The first-order chi connectivity index (χ1) is 11.7. The van der Waals surface area contributed by atoms with Crippen LogP contribution in [0.2, 0.25) is 0 Å². The van der Waals surface area contributed by atoms with Gasteiger partial charge in [-0.2, -0.15) is 0 Å². The number of hydrogen-bond acceptors (Lipinski definition) is 4. The van der Waals surface area contributed by atoms with Gasteiger partial charge in [-0.3, -0.25) is 4.99 Å². The molecule has 1 N–H and O–H groups in total. The van der Waals surface area contributed by atoms with Crippen molar-refractivity contribution < 1.29 is 9.47 Å². The van der Waals surface area contributed by atoms with Crippen molar-refractivity contribution >= 4 is 29.9 Å². The molecule has 0 radical (unpaired) electrons. The zero-order valence-corrected chi connectivity index (χ0v) is 19.0. The van der Waals surface area contributed by atoms with Crippen molar-refractivity contribution in [2.24, 2.45) is 10.9 Å². The number of aliphatic imine (C=N–C) groups is 1. The molecule has 0 atom stereocenters. The molecule has 0 saturated carbocycles. The molecule has 1 rings (SSSR count). The van der Waals surface area contributed by atoms with Gasteiger partial charge in [0.15, 0.2) is 5.96 Å². The lowest BCUT2D eigenvalue weighted by atomic mass is 9.96. The Hall–Kier alpha value is -0.120. The van der Waals surface area contributed by atoms with Gasteiger partial charge in [0.2, 0.25) is 0 Å². The molecule has 7 heteroatoms. The number of nitrogens with one attached hydrogen (secondary N) is 1. The zero-order chi connectivity index (χ0) is 17.6. The molecule has 1 aliphatic heterocycles. The van der Waals surface area contributed by atoms with Crippen LogP contribution >= 0.6 is 24.0 Å². The lowest BCUT2D eigenvalue weighted by Crippen LogP contribution is -2.40. The first-order valence-electron chi connectivity index (χ1n) is 9.42. The van der Waals surface area contributed by atoms with E-state index in [4.69, 9.17) is 14.5 Å². The molecule has 1 heterocycles. The molecular formula is C18H39IN4O2. The highest BCUT2D eigenvalue weighted by Gasteiger charge is 2.15. The van der Waals surface area contributed by atoms with Gasteiger partial charge in [0.1, 0.15) is 0 Å². The Bertz CT molecular complexity index is 339. The van der Waals surface area contributed by atoms with Gasteiger partial charge in [-0.25, -0.2) is 0 Å². The van der Waals surface area contributed by atoms with Gasteiger partial charge in [0, 0.05) is 53.6 Å². The summed E-state index contributed by atoms with van der Waals surface area (Å²) in [6.45, 7) is 9.64. The maximum Gasteiger partial charge on any atom is 0.193 e. The average molecular weight is 470 g/mol. The van der Waals surface area contributed by atoms with Gasteiger partial charge in [0.25, 0.3) is 0 Å². The minimum Gasteiger partial charge on any atom is -0.383 e. The van der Waals surface area contributed by atoms with Crippen LogP contribution in [-0.4, -0.2) is 89.5 Å². The van der Waals surface area contributed by atoms with E-state index in [2.05, 4.69) is 36.1 Å². The number of halogens is 1. The summed E-state index contributed by atoms with van der Waals surface area (Å²) >= 11 is 0. The Kier molecular flexibility index (Phi) is 16.0. The van der Waals surface area contributed by atoms with Gasteiger partial charge in [-0.1, -0.05) is 0 Å². The van der Waals surface area contributed by atoms with E-state index < -0.39 is 0 Å². The summed E-state index contributed by atoms with van der Waals surface area (Å²) in [5, 5.41) is 3.41. The molecule has 1 aliphatic rings. The summed E-state index contributed by atoms with van der Waals surface area (Å²) in [5.41, 5.74) is 0. The van der Waals surface area contributed by atoms with E-state index in [9.17, 15) is 0 Å². The largest absolute Gasteiger partial charge is 0.383 e. The molecule has 0 spiro atoms. The Balaban J connectivity index is 0.00000576. The van der Waals surface area contributed by atoms with E-state index >= 15 is 0 Å². The fraction of sp³-hybridized carbons (Fsp3) is 0.944. The monoisotopic (exact) mass is 470 g/mol. The van der Waals surface area contributed by atoms with Gasteiger partial charge >= 0.3 is 0 Å². The first kappa shape index (κ1) is 24.9. The molecule has 0 aliphatic carbocycles. The summed E-state index contributed by atoms with van der Waals surface area (Å²) in [4.78, 5) is 9.34. The van der Waals surface area contributed by atoms with Crippen LogP contribution in [-0.2, 0) is 9.47 Å². The van der Waals surface area contributed by atoms with Crippen LogP contribution < -0.4 is 5.32 Å². The van der Waals surface area contributed by atoms with Gasteiger partial charge < -0.3 is 24.6 Å². The molecule has 1 saturated heterocycles. The molecule has 0 bridgehead atoms. The standard InChI is InChI=1S/C18H38N4O2.HI/c1-5-19-18(20-10-6-11-21(2)13-16-23-4)22(3)12-7-17-8-14-24-15-9-17;/h17H,5-16H2,1-4H3,(H,19,20);1H. The van der Waals surface area contributed by atoms with Crippen LogP contribution in [0.3, 0.4) is 0 Å². The lowest BCUT2D eigenvalue weighted by molar-refractivity contribution is 0.0625. The van der Waals surface area contributed by atoms with Crippen molar-refractivity contribution in [3.63, 3.8) is 0 Å². The van der Waals surface area contributed by atoms with Gasteiger partial charge in [-0.05, 0) is 52.1 Å². The number of ether oxygens (including phenoxy) is 2. The molecule has 150 valence electrons. The number of nitrogens with zero attached hydrogens (tertiary/aromatic N) is 3. The predicted molar refractivity (Wildman–Crippen MR) is 116 cm³/mol. The zero-order valence-electron chi connectivity index (χ0n) is 16.6.